The van der Waals surface area contributed by atoms with E-state index < -0.39 is 19.7 Å². The Morgan fingerprint density at radius 1 is 0.889 bits per heavy atom. The quantitative estimate of drug-likeness (QED) is 0.0906. The van der Waals surface area contributed by atoms with Crippen LogP contribution in [0.1, 0.15) is 72.1 Å². The Morgan fingerprint density at radius 3 is 2.18 bits per heavy atom. The number of pyridine rings is 1. The minimum Gasteiger partial charge on any atom is -0.355 e. The molecule has 0 N–H and O–H groups in total. The van der Waals surface area contributed by atoms with Gasteiger partial charge in [-0.1, -0.05) is 83.5 Å². The first-order valence-corrected chi connectivity index (χ1v) is 19.8. The molecule has 4 aromatic rings. The zero-order valence-corrected chi connectivity index (χ0v) is 29.6. The molecule has 0 spiro atoms. The Hall–Kier alpha value is -3.02. The number of aromatic nitrogens is 3. The van der Waals surface area contributed by atoms with Crippen molar-refractivity contribution in [2.24, 2.45) is 11.8 Å². The normalized spacial score (nSPS) is 18.5. The van der Waals surface area contributed by atoms with Crippen molar-refractivity contribution in [1.82, 2.24) is 15.0 Å². The Bertz CT molecular complexity index is 1810. The molecule has 2 aromatic heterocycles. The molecule has 4 nitrogen and oxygen atoms in total. The number of nitrogens with zero attached hydrogens (tertiary/aromatic N) is 4. The molecule has 2 aromatic carbocycles. The number of hydrogen-bond acceptors (Lipinski definition) is 5. The molecule has 3 heterocycles. The summed E-state index contributed by atoms with van der Waals surface area (Å²) in [5.41, 5.74) is 6.88. The summed E-state index contributed by atoms with van der Waals surface area (Å²) in [5, 5.41) is 2.61. The Morgan fingerprint density at radius 2 is 1.56 bits per heavy atom. The summed E-state index contributed by atoms with van der Waals surface area (Å²) in [7, 11) is -2.15. The van der Waals surface area contributed by atoms with E-state index in [0.717, 1.165) is 24.3 Å². The summed E-state index contributed by atoms with van der Waals surface area (Å²) >= 11 is 1.42. The van der Waals surface area contributed by atoms with Crippen LogP contribution in [0, 0.1) is 41.9 Å². The van der Waals surface area contributed by atoms with Gasteiger partial charge in [0.15, 0.2) is 11.0 Å². The molecule has 1 saturated carbocycles. The lowest BCUT2D eigenvalue weighted by molar-refractivity contribution is 0.419. The molecule has 2 bridgehead atoms. The molecular weight excluding hydrogens is 599 g/mol. The summed E-state index contributed by atoms with van der Waals surface area (Å²) in [5.74, 6) is 4.55. The predicted octanol–water partition coefficient (Wildman–Crippen LogP) is 9.96. The fourth-order valence-corrected chi connectivity index (χ4v) is 14.0. The van der Waals surface area contributed by atoms with Crippen LogP contribution in [0.5, 0.6) is 0 Å². The molecule has 2 atom stereocenters. The maximum atomic E-state index is 16.9. The van der Waals surface area contributed by atoms with E-state index in [-0.39, 0.29) is 11.2 Å². The van der Waals surface area contributed by atoms with Crippen LogP contribution in [-0.2, 0) is 0 Å². The van der Waals surface area contributed by atoms with Crippen LogP contribution in [0.3, 0.4) is 0 Å². The smallest absolute Gasteiger partial charge is 0.189 e. The molecule has 236 valence electrons. The van der Waals surface area contributed by atoms with Crippen LogP contribution in [-0.4, -0.2) is 42.4 Å². The third kappa shape index (κ3) is 5.44. The van der Waals surface area contributed by atoms with Crippen LogP contribution >= 0.6 is 11.8 Å². The Labute approximate surface area is 271 Å². The van der Waals surface area contributed by atoms with Crippen molar-refractivity contribution in [3.63, 3.8) is 0 Å². The number of hydrogen-bond donors (Lipinski definition) is 0. The molecule has 1 aliphatic heterocycles. The summed E-state index contributed by atoms with van der Waals surface area (Å²) < 4.78 is 32.7. The van der Waals surface area contributed by atoms with Gasteiger partial charge < -0.3 is 4.90 Å². The van der Waals surface area contributed by atoms with E-state index >= 15 is 8.78 Å². The highest BCUT2D eigenvalue weighted by Crippen LogP contribution is 2.43. The number of fused-ring (bicyclic) bond motifs is 4. The minimum absolute atomic E-state index is 0.176. The number of halogens is 2. The number of thioether (sulfide) groups is 1. The van der Waals surface area contributed by atoms with Crippen molar-refractivity contribution in [3.05, 3.63) is 53.2 Å². The zero-order valence-electron chi connectivity index (χ0n) is 27.8. The first-order valence-electron chi connectivity index (χ1n) is 16.4. The van der Waals surface area contributed by atoms with E-state index in [1.54, 1.807) is 6.07 Å². The van der Waals surface area contributed by atoms with E-state index in [4.69, 9.17) is 15.0 Å². The van der Waals surface area contributed by atoms with Crippen molar-refractivity contribution in [2.75, 3.05) is 24.2 Å². The summed E-state index contributed by atoms with van der Waals surface area (Å²) in [6, 6.07) is 8.88. The zero-order chi connectivity index (χ0) is 32.2. The SMILES string of the molecule is CSc1nc(N2CC3CCC(C3)C2)c2c(C)nc(-c3cccc4ccc(F)c(C#C[Si](C(C)C)(C(C)C)C(C)C)c34)c(F)c2n1. The van der Waals surface area contributed by atoms with Crippen LogP contribution < -0.4 is 4.90 Å². The highest BCUT2D eigenvalue weighted by molar-refractivity contribution is 7.98. The molecule has 1 saturated heterocycles. The first kappa shape index (κ1) is 31.9. The van der Waals surface area contributed by atoms with E-state index in [1.165, 1.54) is 37.1 Å². The van der Waals surface area contributed by atoms with Crippen LogP contribution in [0.4, 0.5) is 14.6 Å². The van der Waals surface area contributed by atoms with Gasteiger partial charge in [0, 0.05) is 24.0 Å². The second kappa shape index (κ2) is 12.3. The Kier molecular flexibility index (Phi) is 8.73. The van der Waals surface area contributed by atoms with Gasteiger partial charge in [-0.25, -0.2) is 23.7 Å². The number of anilines is 1. The average molecular weight is 643 g/mol. The second-order valence-corrected chi connectivity index (χ2v) is 20.4. The fourth-order valence-electron chi connectivity index (χ4n) is 8.46. The largest absolute Gasteiger partial charge is 0.355 e. The van der Waals surface area contributed by atoms with E-state index in [0.29, 0.717) is 61.2 Å². The van der Waals surface area contributed by atoms with E-state index in [1.807, 2.05) is 31.4 Å². The van der Waals surface area contributed by atoms with Gasteiger partial charge >= 0.3 is 0 Å². The molecule has 45 heavy (non-hydrogen) atoms. The lowest BCUT2D eigenvalue weighted by Crippen LogP contribution is -2.43. The number of benzene rings is 2. The predicted molar refractivity (Wildman–Crippen MR) is 188 cm³/mol. The van der Waals surface area contributed by atoms with Gasteiger partial charge in [-0.05, 0) is 72.4 Å². The lowest BCUT2D eigenvalue weighted by atomic mass is 9.95. The second-order valence-electron chi connectivity index (χ2n) is 14.0. The highest BCUT2D eigenvalue weighted by Gasteiger charge is 2.42. The Balaban J connectivity index is 1.59. The van der Waals surface area contributed by atoms with Crippen molar-refractivity contribution in [2.45, 2.75) is 89.5 Å². The third-order valence-electron chi connectivity index (χ3n) is 10.5. The summed E-state index contributed by atoms with van der Waals surface area (Å²) in [6.07, 6.45) is 5.67. The monoisotopic (exact) mass is 642 g/mol. The standard InChI is InChI=1S/C37H44F2N4SSi/c1-21(2)45(22(3)4,23(5)6)17-16-28-30(38)15-14-27-10-9-11-29(32(27)28)34-33(39)35-31(24(7)40-34)36(42-37(41-35)44-8)43-19-25-12-13-26(18-25)20-43/h9-11,14-15,21-23,25-26H,12-13,18-20H2,1-8H3. The molecular formula is C37H44F2N4SSi. The van der Waals surface area contributed by atoms with Gasteiger partial charge in [-0.2, -0.15) is 0 Å². The van der Waals surface area contributed by atoms with Crippen molar-refractivity contribution in [3.8, 4) is 22.7 Å². The molecule has 0 amide bonds. The lowest BCUT2D eigenvalue weighted by Gasteiger charge is -2.38. The maximum Gasteiger partial charge on any atom is 0.189 e. The molecule has 0 radical (unpaired) electrons. The van der Waals surface area contributed by atoms with Gasteiger partial charge in [-0.15, -0.1) is 5.54 Å². The topological polar surface area (TPSA) is 41.9 Å². The fraction of sp³-hybridized carbons (Fsp3) is 0.486. The van der Waals surface area contributed by atoms with Crippen molar-refractivity contribution in [1.29, 1.82) is 0 Å². The molecule has 2 aliphatic rings. The first-order chi connectivity index (χ1) is 21.5. The molecule has 8 heteroatoms. The van der Waals surface area contributed by atoms with Crippen LogP contribution in [0.2, 0.25) is 16.6 Å². The van der Waals surface area contributed by atoms with Gasteiger partial charge in [-0.3, -0.25) is 0 Å². The van der Waals surface area contributed by atoms with Gasteiger partial charge in [0.25, 0.3) is 0 Å². The number of aryl methyl sites for hydroxylation is 1. The van der Waals surface area contributed by atoms with E-state index in [9.17, 15) is 0 Å². The van der Waals surface area contributed by atoms with Crippen LogP contribution in [0.25, 0.3) is 32.9 Å². The van der Waals surface area contributed by atoms with Crippen molar-refractivity contribution >= 4 is 47.3 Å². The van der Waals surface area contributed by atoms with Gasteiger partial charge in [0.1, 0.15) is 30.9 Å². The summed E-state index contributed by atoms with van der Waals surface area (Å²) in [6.45, 7) is 17.2. The van der Waals surface area contributed by atoms with E-state index in [2.05, 4.69) is 57.9 Å². The number of piperidine rings is 1. The molecule has 6 rings (SSSR count). The minimum atomic E-state index is -2.15. The van der Waals surface area contributed by atoms with Crippen LogP contribution in [0.15, 0.2) is 35.5 Å². The maximum absolute atomic E-state index is 16.9. The third-order valence-corrected chi connectivity index (χ3v) is 17.4. The van der Waals surface area contributed by atoms with Crippen molar-refractivity contribution < 1.29 is 8.78 Å². The number of rotatable bonds is 6. The highest BCUT2D eigenvalue weighted by atomic mass is 32.2. The molecule has 1 aliphatic carbocycles. The van der Waals surface area contributed by atoms with Gasteiger partial charge in [0.2, 0.25) is 0 Å². The molecule has 2 unspecified atom stereocenters. The average Bonchev–Trinajstić information content (AvgIpc) is 3.35. The van der Waals surface area contributed by atoms with Gasteiger partial charge in [0.05, 0.1) is 16.6 Å². The molecule has 2 fully saturated rings. The summed E-state index contributed by atoms with van der Waals surface area (Å²) in [4.78, 5) is 16.9.